The summed E-state index contributed by atoms with van der Waals surface area (Å²) in [6, 6.07) is 0.510. The molecule has 1 N–H and O–H groups in total. The van der Waals surface area contributed by atoms with E-state index in [2.05, 4.69) is 12.2 Å². The second-order valence-electron chi connectivity index (χ2n) is 3.92. The van der Waals surface area contributed by atoms with Crippen LogP contribution in [0.5, 0.6) is 0 Å². The van der Waals surface area contributed by atoms with Gasteiger partial charge in [-0.3, -0.25) is 0 Å². The third kappa shape index (κ3) is 3.55. The van der Waals surface area contributed by atoms with Gasteiger partial charge in [-0.15, -0.1) is 0 Å². The fourth-order valence-electron chi connectivity index (χ4n) is 1.89. The summed E-state index contributed by atoms with van der Waals surface area (Å²) in [5, 5.41) is 3.50. The molecule has 0 bridgehead atoms. The van der Waals surface area contributed by atoms with Crippen LogP contribution < -0.4 is 5.32 Å². The minimum atomic E-state index is 0.510. The SMILES string of the molecule is COCC(C)NCC1CCCC1. The van der Waals surface area contributed by atoms with Gasteiger partial charge in [0.2, 0.25) is 0 Å². The molecule has 0 heterocycles. The Morgan fingerprint density at radius 2 is 2.08 bits per heavy atom. The van der Waals surface area contributed by atoms with Gasteiger partial charge in [-0.25, -0.2) is 0 Å². The van der Waals surface area contributed by atoms with Crippen molar-refractivity contribution < 1.29 is 4.74 Å². The molecule has 0 saturated heterocycles. The molecule has 0 aliphatic heterocycles. The highest BCUT2D eigenvalue weighted by molar-refractivity contribution is 4.71. The summed E-state index contributed by atoms with van der Waals surface area (Å²) in [7, 11) is 1.76. The van der Waals surface area contributed by atoms with Crippen molar-refractivity contribution in [1.29, 1.82) is 0 Å². The molecule has 1 aliphatic carbocycles. The first-order valence-corrected chi connectivity index (χ1v) is 5.05. The molecule has 0 amide bonds. The van der Waals surface area contributed by atoms with Gasteiger partial charge in [0.05, 0.1) is 6.61 Å². The molecule has 0 aromatic heterocycles. The molecule has 1 aliphatic rings. The number of hydrogen-bond donors (Lipinski definition) is 1. The lowest BCUT2D eigenvalue weighted by atomic mass is 10.1. The van der Waals surface area contributed by atoms with E-state index in [-0.39, 0.29) is 0 Å². The maximum absolute atomic E-state index is 5.06. The van der Waals surface area contributed by atoms with Crippen molar-refractivity contribution in [3.05, 3.63) is 0 Å². The zero-order valence-corrected chi connectivity index (χ0v) is 8.31. The first kappa shape index (κ1) is 10.0. The summed E-state index contributed by atoms with van der Waals surface area (Å²) in [5.41, 5.74) is 0. The average Bonchev–Trinajstić information content (AvgIpc) is 2.53. The molecule has 1 saturated carbocycles. The minimum Gasteiger partial charge on any atom is -0.383 e. The average molecular weight is 171 g/mol. The largest absolute Gasteiger partial charge is 0.383 e. The minimum absolute atomic E-state index is 0.510. The lowest BCUT2D eigenvalue weighted by Gasteiger charge is -2.15. The Bertz CT molecular complexity index is 110. The second-order valence-corrected chi connectivity index (χ2v) is 3.92. The monoisotopic (exact) mass is 171 g/mol. The van der Waals surface area contributed by atoms with Crippen molar-refractivity contribution in [2.45, 2.75) is 38.6 Å². The summed E-state index contributed by atoms with van der Waals surface area (Å²) in [5.74, 6) is 0.935. The molecule has 0 aromatic carbocycles. The number of ether oxygens (including phenoxy) is 1. The summed E-state index contributed by atoms with van der Waals surface area (Å²) >= 11 is 0. The quantitative estimate of drug-likeness (QED) is 0.681. The smallest absolute Gasteiger partial charge is 0.0613 e. The highest BCUT2D eigenvalue weighted by atomic mass is 16.5. The van der Waals surface area contributed by atoms with E-state index in [0.717, 1.165) is 12.5 Å². The number of nitrogens with one attached hydrogen (secondary N) is 1. The Hall–Kier alpha value is -0.0800. The van der Waals surface area contributed by atoms with E-state index >= 15 is 0 Å². The third-order valence-electron chi connectivity index (χ3n) is 2.65. The van der Waals surface area contributed by atoms with Gasteiger partial charge >= 0.3 is 0 Å². The van der Waals surface area contributed by atoms with Crippen molar-refractivity contribution >= 4 is 0 Å². The normalized spacial score (nSPS) is 21.5. The number of rotatable bonds is 5. The zero-order valence-electron chi connectivity index (χ0n) is 8.31. The Kier molecular flexibility index (Phi) is 4.62. The molecular weight excluding hydrogens is 150 g/mol. The summed E-state index contributed by atoms with van der Waals surface area (Å²) < 4.78 is 5.06. The highest BCUT2D eigenvalue weighted by Crippen LogP contribution is 2.23. The predicted molar refractivity (Wildman–Crippen MR) is 51.3 cm³/mol. The van der Waals surface area contributed by atoms with Gasteiger partial charge < -0.3 is 10.1 Å². The van der Waals surface area contributed by atoms with Crippen LogP contribution in [0.3, 0.4) is 0 Å². The lowest BCUT2D eigenvalue weighted by molar-refractivity contribution is 0.170. The molecule has 72 valence electrons. The highest BCUT2D eigenvalue weighted by Gasteiger charge is 2.14. The van der Waals surface area contributed by atoms with Crippen LogP contribution >= 0.6 is 0 Å². The molecule has 1 atom stereocenters. The summed E-state index contributed by atoms with van der Waals surface area (Å²) in [6.07, 6.45) is 5.72. The van der Waals surface area contributed by atoms with E-state index in [1.807, 2.05) is 0 Å². The topological polar surface area (TPSA) is 21.3 Å². The van der Waals surface area contributed by atoms with E-state index in [9.17, 15) is 0 Å². The van der Waals surface area contributed by atoms with Crippen LogP contribution in [0.25, 0.3) is 0 Å². The van der Waals surface area contributed by atoms with E-state index in [0.29, 0.717) is 6.04 Å². The third-order valence-corrected chi connectivity index (χ3v) is 2.65. The molecule has 1 unspecified atom stereocenters. The van der Waals surface area contributed by atoms with Gasteiger partial charge in [0.25, 0.3) is 0 Å². The Balaban J connectivity index is 1.99. The molecule has 1 fully saturated rings. The molecule has 12 heavy (non-hydrogen) atoms. The summed E-state index contributed by atoms with van der Waals surface area (Å²) in [4.78, 5) is 0. The standard InChI is InChI=1S/C10H21NO/c1-9(8-12-2)11-7-10-5-3-4-6-10/h9-11H,3-8H2,1-2H3. The first-order chi connectivity index (χ1) is 5.83. The summed E-state index contributed by atoms with van der Waals surface area (Å²) in [6.45, 7) is 4.19. The van der Waals surface area contributed by atoms with Crippen molar-refractivity contribution in [3.8, 4) is 0 Å². The fraction of sp³-hybridized carbons (Fsp3) is 1.00. The number of hydrogen-bond acceptors (Lipinski definition) is 2. The lowest BCUT2D eigenvalue weighted by Crippen LogP contribution is -2.33. The predicted octanol–water partition coefficient (Wildman–Crippen LogP) is 1.80. The molecule has 2 nitrogen and oxygen atoms in total. The molecule has 0 spiro atoms. The van der Waals surface area contributed by atoms with Crippen LogP contribution in [0.15, 0.2) is 0 Å². The van der Waals surface area contributed by atoms with Crippen molar-refractivity contribution in [1.82, 2.24) is 5.32 Å². The van der Waals surface area contributed by atoms with Gasteiger partial charge in [0.15, 0.2) is 0 Å². The van der Waals surface area contributed by atoms with Crippen LogP contribution in [-0.4, -0.2) is 26.3 Å². The maximum Gasteiger partial charge on any atom is 0.0613 e. The Morgan fingerprint density at radius 1 is 1.42 bits per heavy atom. The van der Waals surface area contributed by atoms with Crippen LogP contribution in [0.2, 0.25) is 0 Å². The van der Waals surface area contributed by atoms with Crippen molar-refractivity contribution in [3.63, 3.8) is 0 Å². The second kappa shape index (κ2) is 5.55. The molecule has 2 heteroatoms. The Labute approximate surface area is 75.7 Å². The first-order valence-electron chi connectivity index (χ1n) is 5.05. The van der Waals surface area contributed by atoms with Crippen LogP contribution in [0.4, 0.5) is 0 Å². The Morgan fingerprint density at radius 3 is 2.67 bits per heavy atom. The fourth-order valence-corrected chi connectivity index (χ4v) is 1.89. The zero-order chi connectivity index (χ0) is 8.81. The van der Waals surface area contributed by atoms with Gasteiger partial charge in [-0.2, -0.15) is 0 Å². The van der Waals surface area contributed by atoms with E-state index in [1.54, 1.807) is 7.11 Å². The molecular formula is C10H21NO. The maximum atomic E-state index is 5.06. The van der Waals surface area contributed by atoms with Gasteiger partial charge in [0.1, 0.15) is 0 Å². The van der Waals surface area contributed by atoms with Crippen molar-refractivity contribution in [2.24, 2.45) is 5.92 Å². The van der Waals surface area contributed by atoms with Gasteiger partial charge in [-0.05, 0) is 32.2 Å². The van der Waals surface area contributed by atoms with E-state index in [1.165, 1.54) is 32.2 Å². The van der Waals surface area contributed by atoms with Crippen molar-refractivity contribution in [2.75, 3.05) is 20.3 Å². The van der Waals surface area contributed by atoms with Gasteiger partial charge in [-0.1, -0.05) is 12.8 Å². The van der Waals surface area contributed by atoms with Crippen LogP contribution in [0, 0.1) is 5.92 Å². The molecule has 0 aromatic rings. The number of methoxy groups -OCH3 is 1. The van der Waals surface area contributed by atoms with Crippen LogP contribution in [-0.2, 0) is 4.74 Å². The van der Waals surface area contributed by atoms with Gasteiger partial charge in [0, 0.05) is 13.2 Å². The molecule has 0 radical (unpaired) electrons. The van der Waals surface area contributed by atoms with E-state index in [4.69, 9.17) is 4.74 Å². The van der Waals surface area contributed by atoms with E-state index < -0.39 is 0 Å². The van der Waals surface area contributed by atoms with Crippen LogP contribution in [0.1, 0.15) is 32.6 Å². The molecule has 1 rings (SSSR count).